The number of hydrogen-bond acceptors (Lipinski definition) is 6. The molecule has 1 aromatic carbocycles. The fraction of sp³-hybridized carbons (Fsp3) is 0. The minimum Gasteiger partial charge on any atom is -0.350 e. The standard InChI is InChI=1S/C18H14N4O3S2/c1-12-20-15-6-5-14(10-17(15)26-12)27(24,25)22-9-7-13(11-22)21-18(23)16-4-2-3-8-19-16/h2-11,20H,1H2,(H,21,23). The molecule has 0 spiro atoms. The SMILES string of the molecule is C=C1Nc2ccc(S(=O)(=O)n3ccc(NC(=O)c4ccccn4)c3)cc2S1. The highest BCUT2D eigenvalue weighted by Gasteiger charge is 2.22. The Morgan fingerprint density at radius 2 is 2.07 bits per heavy atom. The summed E-state index contributed by atoms with van der Waals surface area (Å²) in [7, 11) is -3.78. The second kappa shape index (κ2) is 6.60. The summed E-state index contributed by atoms with van der Waals surface area (Å²) in [5.74, 6) is -0.413. The third-order valence-electron chi connectivity index (χ3n) is 3.86. The van der Waals surface area contributed by atoms with Crippen LogP contribution in [0.1, 0.15) is 10.5 Å². The van der Waals surface area contributed by atoms with Crippen LogP contribution in [0.25, 0.3) is 0 Å². The van der Waals surface area contributed by atoms with Gasteiger partial charge in [0.25, 0.3) is 15.9 Å². The van der Waals surface area contributed by atoms with Gasteiger partial charge in [-0.1, -0.05) is 24.4 Å². The quantitative estimate of drug-likeness (QED) is 0.700. The molecule has 9 heteroatoms. The van der Waals surface area contributed by atoms with Gasteiger partial charge in [0.15, 0.2) is 0 Å². The Morgan fingerprint density at radius 3 is 2.85 bits per heavy atom. The number of aromatic nitrogens is 2. The second-order valence-corrected chi connectivity index (χ2v) is 8.69. The van der Waals surface area contributed by atoms with Crippen LogP contribution in [0.2, 0.25) is 0 Å². The Morgan fingerprint density at radius 1 is 1.22 bits per heavy atom. The molecule has 1 aliphatic rings. The lowest BCUT2D eigenvalue weighted by Gasteiger charge is -2.07. The lowest BCUT2D eigenvalue weighted by molar-refractivity contribution is 0.102. The van der Waals surface area contributed by atoms with Crippen LogP contribution < -0.4 is 10.6 Å². The van der Waals surface area contributed by atoms with Gasteiger partial charge in [0, 0.05) is 23.5 Å². The van der Waals surface area contributed by atoms with E-state index in [4.69, 9.17) is 0 Å². The molecule has 0 bridgehead atoms. The van der Waals surface area contributed by atoms with Crippen LogP contribution in [0.5, 0.6) is 0 Å². The number of pyridine rings is 1. The number of nitrogens with zero attached hydrogens (tertiary/aromatic N) is 2. The van der Waals surface area contributed by atoms with E-state index in [1.54, 1.807) is 30.3 Å². The first-order valence-corrected chi connectivity index (χ1v) is 10.1. The Labute approximate surface area is 160 Å². The summed E-state index contributed by atoms with van der Waals surface area (Å²) in [6.45, 7) is 3.83. The molecule has 0 saturated heterocycles. The number of amides is 1. The van der Waals surface area contributed by atoms with Gasteiger partial charge in [-0.3, -0.25) is 9.78 Å². The van der Waals surface area contributed by atoms with Crippen molar-refractivity contribution in [3.63, 3.8) is 0 Å². The van der Waals surface area contributed by atoms with Gasteiger partial charge in [-0.05, 0) is 36.4 Å². The highest BCUT2D eigenvalue weighted by molar-refractivity contribution is 8.03. The summed E-state index contributed by atoms with van der Waals surface area (Å²) in [5.41, 5.74) is 1.44. The zero-order valence-electron chi connectivity index (χ0n) is 13.9. The maximum Gasteiger partial charge on any atom is 0.274 e. The normalized spacial score (nSPS) is 13.1. The fourth-order valence-electron chi connectivity index (χ4n) is 2.57. The lowest BCUT2D eigenvalue weighted by atomic mass is 10.3. The van der Waals surface area contributed by atoms with E-state index in [2.05, 4.69) is 22.2 Å². The van der Waals surface area contributed by atoms with E-state index in [9.17, 15) is 13.2 Å². The molecule has 0 unspecified atom stereocenters. The van der Waals surface area contributed by atoms with Crippen molar-refractivity contribution in [3.8, 4) is 0 Å². The van der Waals surface area contributed by atoms with Crippen LogP contribution in [0.4, 0.5) is 11.4 Å². The maximum atomic E-state index is 12.9. The number of benzene rings is 1. The summed E-state index contributed by atoms with van der Waals surface area (Å²) in [4.78, 5) is 17.1. The average Bonchev–Trinajstić information content (AvgIpc) is 3.27. The van der Waals surface area contributed by atoms with E-state index in [1.807, 2.05) is 0 Å². The van der Waals surface area contributed by atoms with Crippen molar-refractivity contribution < 1.29 is 13.2 Å². The van der Waals surface area contributed by atoms with Crippen LogP contribution in [-0.2, 0) is 10.0 Å². The van der Waals surface area contributed by atoms with Gasteiger partial charge < -0.3 is 10.6 Å². The van der Waals surface area contributed by atoms with Crippen molar-refractivity contribution in [2.45, 2.75) is 9.79 Å². The molecule has 4 rings (SSSR count). The Kier molecular flexibility index (Phi) is 4.25. The Bertz CT molecular complexity index is 1150. The molecule has 136 valence electrons. The zero-order chi connectivity index (χ0) is 19.0. The molecule has 0 fully saturated rings. The number of carbonyl (C=O) groups is 1. The van der Waals surface area contributed by atoms with Crippen molar-refractivity contribution in [2.24, 2.45) is 0 Å². The average molecular weight is 398 g/mol. The molecule has 27 heavy (non-hydrogen) atoms. The monoisotopic (exact) mass is 398 g/mol. The van der Waals surface area contributed by atoms with Crippen LogP contribution in [-0.4, -0.2) is 23.3 Å². The first-order valence-electron chi connectivity index (χ1n) is 7.87. The smallest absolute Gasteiger partial charge is 0.274 e. The summed E-state index contributed by atoms with van der Waals surface area (Å²) < 4.78 is 26.8. The Hall–Kier alpha value is -3.04. The largest absolute Gasteiger partial charge is 0.350 e. The van der Waals surface area contributed by atoms with Crippen molar-refractivity contribution in [3.05, 3.63) is 78.4 Å². The molecule has 3 heterocycles. The van der Waals surface area contributed by atoms with Gasteiger partial charge in [-0.2, -0.15) is 0 Å². The van der Waals surface area contributed by atoms with Crippen LogP contribution in [0.15, 0.2) is 82.5 Å². The van der Waals surface area contributed by atoms with E-state index in [1.165, 1.54) is 42.5 Å². The zero-order valence-corrected chi connectivity index (χ0v) is 15.5. The number of rotatable bonds is 4. The maximum absolute atomic E-state index is 12.9. The summed E-state index contributed by atoms with van der Waals surface area (Å²) >= 11 is 1.38. The predicted octanol–water partition coefficient (Wildman–Crippen LogP) is 3.36. The highest BCUT2D eigenvalue weighted by Crippen LogP contribution is 2.41. The summed E-state index contributed by atoms with van der Waals surface area (Å²) in [6.07, 6.45) is 4.26. The number of nitrogens with one attached hydrogen (secondary N) is 2. The molecule has 0 atom stereocenters. The lowest BCUT2D eigenvalue weighted by Crippen LogP contribution is -2.14. The minimum absolute atomic E-state index is 0.156. The minimum atomic E-state index is -3.78. The van der Waals surface area contributed by atoms with Gasteiger partial charge in [-0.25, -0.2) is 12.4 Å². The van der Waals surface area contributed by atoms with Crippen LogP contribution in [0.3, 0.4) is 0 Å². The van der Waals surface area contributed by atoms with Crippen molar-refractivity contribution in [1.82, 2.24) is 8.96 Å². The first kappa shape index (κ1) is 17.4. The number of thioether (sulfide) groups is 1. The van der Waals surface area contributed by atoms with E-state index in [-0.39, 0.29) is 10.6 Å². The van der Waals surface area contributed by atoms with Crippen LogP contribution >= 0.6 is 11.8 Å². The second-order valence-electron chi connectivity index (χ2n) is 5.71. The topological polar surface area (TPSA) is 93.1 Å². The molecule has 7 nitrogen and oxygen atoms in total. The molecule has 0 radical (unpaired) electrons. The fourth-order valence-corrected chi connectivity index (χ4v) is 4.71. The third-order valence-corrected chi connectivity index (χ3v) is 6.40. The van der Waals surface area contributed by atoms with E-state index < -0.39 is 15.9 Å². The van der Waals surface area contributed by atoms with Crippen LogP contribution in [0, 0.1) is 0 Å². The van der Waals surface area contributed by atoms with Crippen molar-refractivity contribution >= 4 is 39.1 Å². The first-order chi connectivity index (χ1) is 12.9. The van der Waals surface area contributed by atoms with Gasteiger partial charge in [0.2, 0.25) is 0 Å². The molecule has 3 aromatic rings. The summed E-state index contributed by atoms with van der Waals surface area (Å²) in [6, 6.07) is 11.4. The molecule has 2 N–H and O–H groups in total. The number of hydrogen-bond donors (Lipinski definition) is 2. The number of carbonyl (C=O) groups excluding carboxylic acids is 1. The molecular weight excluding hydrogens is 384 g/mol. The van der Waals surface area contributed by atoms with Gasteiger partial charge in [0.05, 0.1) is 21.3 Å². The molecule has 0 aliphatic carbocycles. The number of anilines is 2. The van der Waals surface area contributed by atoms with Crippen molar-refractivity contribution in [1.29, 1.82) is 0 Å². The molecule has 2 aromatic heterocycles. The predicted molar refractivity (Wildman–Crippen MR) is 104 cm³/mol. The molecule has 0 saturated carbocycles. The van der Waals surface area contributed by atoms with E-state index in [0.29, 0.717) is 5.69 Å². The van der Waals surface area contributed by atoms with Crippen molar-refractivity contribution in [2.75, 3.05) is 10.6 Å². The third kappa shape index (κ3) is 3.34. The molecule has 1 amide bonds. The molecule has 1 aliphatic heterocycles. The van der Waals surface area contributed by atoms with Gasteiger partial charge >= 0.3 is 0 Å². The number of fused-ring (bicyclic) bond motifs is 1. The van der Waals surface area contributed by atoms with E-state index in [0.717, 1.165) is 19.6 Å². The van der Waals surface area contributed by atoms with E-state index >= 15 is 0 Å². The molecular formula is C18H14N4O3S2. The summed E-state index contributed by atoms with van der Waals surface area (Å²) in [5, 5.41) is 6.46. The Balaban J connectivity index is 1.58. The highest BCUT2D eigenvalue weighted by atomic mass is 32.2. The van der Waals surface area contributed by atoms with Gasteiger partial charge in [0.1, 0.15) is 5.69 Å². The van der Waals surface area contributed by atoms with Gasteiger partial charge in [-0.15, -0.1) is 0 Å².